The lowest BCUT2D eigenvalue weighted by Gasteiger charge is -2.17. The van der Waals surface area contributed by atoms with E-state index in [9.17, 15) is 9.59 Å². The second kappa shape index (κ2) is 5.20. The third kappa shape index (κ3) is 2.69. The Hall–Kier alpha value is -1.85. The lowest BCUT2D eigenvalue weighted by atomic mass is 10.1. The van der Waals surface area contributed by atoms with Crippen LogP contribution in [0.2, 0.25) is 0 Å². The van der Waals surface area contributed by atoms with Crippen LogP contribution in [0, 0.1) is 5.92 Å². The number of nitrogens with one attached hydrogen (secondary N) is 1. The fraction of sp³-hybridized carbons (Fsp3) is 0.583. The van der Waals surface area contributed by atoms with E-state index in [1.165, 1.54) is 0 Å². The molecule has 6 nitrogen and oxygen atoms in total. The van der Waals surface area contributed by atoms with Crippen LogP contribution in [0.1, 0.15) is 32.2 Å². The van der Waals surface area contributed by atoms with Crippen LogP contribution in [0.15, 0.2) is 18.5 Å². The van der Waals surface area contributed by atoms with Gasteiger partial charge in [0.05, 0.1) is 5.92 Å². The number of carboxylic acids is 1. The lowest BCUT2D eigenvalue weighted by molar-refractivity contribution is -0.141. The van der Waals surface area contributed by atoms with Crippen LogP contribution in [0.4, 0.5) is 0 Å². The zero-order valence-electron chi connectivity index (χ0n) is 10.2. The minimum atomic E-state index is -0.771. The molecule has 2 rings (SSSR count). The summed E-state index contributed by atoms with van der Waals surface area (Å²) in [6, 6.07) is 1.36. The van der Waals surface area contributed by atoms with Gasteiger partial charge in [0.1, 0.15) is 6.04 Å². The molecule has 1 heterocycles. The van der Waals surface area contributed by atoms with E-state index in [0.29, 0.717) is 12.8 Å². The highest BCUT2D eigenvalue weighted by molar-refractivity contribution is 5.80. The number of carbonyl (C=O) groups excluding carboxylic acids is 1. The van der Waals surface area contributed by atoms with E-state index in [1.807, 2.05) is 0 Å². The van der Waals surface area contributed by atoms with Crippen LogP contribution in [0.3, 0.4) is 0 Å². The molecule has 98 valence electrons. The predicted octanol–water partition coefficient (Wildman–Crippen LogP) is 0.814. The van der Waals surface area contributed by atoms with Crippen molar-refractivity contribution < 1.29 is 14.7 Å². The predicted molar refractivity (Wildman–Crippen MR) is 63.8 cm³/mol. The highest BCUT2D eigenvalue weighted by atomic mass is 16.4. The zero-order valence-corrected chi connectivity index (χ0v) is 10.2. The first-order valence-corrected chi connectivity index (χ1v) is 6.10. The van der Waals surface area contributed by atoms with Crippen molar-refractivity contribution in [1.82, 2.24) is 15.1 Å². The molecule has 1 aromatic rings. The summed E-state index contributed by atoms with van der Waals surface area (Å²) in [4.78, 5) is 22.8. The first-order valence-electron chi connectivity index (χ1n) is 6.10. The van der Waals surface area contributed by atoms with E-state index >= 15 is 0 Å². The van der Waals surface area contributed by atoms with Crippen LogP contribution in [0.25, 0.3) is 0 Å². The Kier molecular flexibility index (Phi) is 3.64. The maximum absolute atomic E-state index is 12.0. The summed E-state index contributed by atoms with van der Waals surface area (Å²) < 4.78 is 1.58. The van der Waals surface area contributed by atoms with Gasteiger partial charge in [0, 0.05) is 18.4 Å². The molecule has 3 unspecified atom stereocenters. The first kappa shape index (κ1) is 12.6. The number of hydrogen-bond acceptors (Lipinski definition) is 3. The fourth-order valence-corrected chi connectivity index (χ4v) is 2.29. The fourth-order valence-electron chi connectivity index (χ4n) is 2.29. The topological polar surface area (TPSA) is 84.2 Å². The van der Waals surface area contributed by atoms with Gasteiger partial charge in [-0.25, -0.2) is 0 Å². The van der Waals surface area contributed by atoms with Gasteiger partial charge >= 0.3 is 5.97 Å². The molecule has 0 radical (unpaired) electrons. The molecule has 1 aromatic heterocycles. The maximum Gasteiger partial charge on any atom is 0.306 e. The van der Waals surface area contributed by atoms with Crippen LogP contribution >= 0.6 is 0 Å². The van der Waals surface area contributed by atoms with Crippen molar-refractivity contribution in [3.63, 3.8) is 0 Å². The van der Waals surface area contributed by atoms with E-state index < -0.39 is 5.97 Å². The smallest absolute Gasteiger partial charge is 0.306 e. The van der Waals surface area contributed by atoms with E-state index in [0.717, 1.165) is 6.42 Å². The molecule has 0 aliphatic heterocycles. The largest absolute Gasteiger partial charge is 0.481 e. The number of amides is 1. The number of aliphatic carboxylic acids is 1. The molecule has 1 fully saturated rings. The Bertz CT molecular complexity index is 430. The van der Waals surface area contributed by atoms with Gasteiger partial charge in [-0.1, -0.05) is 0 Å². The molecule has 0 aromatic carbocycles. The van der Waals surface area contributed by atoms with E-state index in [-0.39, 0.29) is 23.9 Å². The third-order valence-corrected chi connectivity index (χ3v) is 3.43. The van der Waals surface area contributed by atoms with Gasteiger partial charge in [0.2, 0.25) is 5.91 Å². The molecular formula is C12H17N3O3. The number of carboxylic acid groups (broad SMARTS) is 1. The van der Waals surface area contributed by atoms with Gasteiger partial charge < -0.3 is 10.4 Å². The van der Waals surface area contributed by atoms with Crippen molar-refractivity contribution >= 4 is 11.9 Å². The Labute approximate surface area is 105 Å². The summed E-state index contributed by atoms with van der Waals surface area (Å²) in [6.07, 6.45) is 5.25. The molecule has 0 saturated heterocycles. The van der Waals surface area contributed by atoms with Crippen molar-refractivity contribution in [2.75, 3.05) is 0 Å². The van der Waals surface area contributed by atoms with Crippen molar-refractivity contribution in [3.05, 3.63) is 18.5 Å². The van der Waals surface area contributed by atoms with Gasteiger partial charge in [-0.15, -0.1) is 0 Å². The molecular weight excluding hydrogens is 234 g/mol. The van der Waals surface area contributed by atoms with Crippen molar-refractivity contribution in [3.8, 4) is 0 Å². The highest BCUT2D eigenvalue weighted by Gasteiger charge is 2.31. The summed E-state index contributed by atoms with van der Waals surface area (Å²) in [6.45, 7) is 1.77. The first-order chi connectivity index (χ1) is 8.58. The number of hydrogen-bond donors (Lipinski definition) is 2. The van der Waals surface area contributed by atoms with Crippen molar-refractivity contribution in [2.24, 2.45) is 5.92 Å². The SMILES string of the molecule is CC(C(=O)NC1CCC(C(=O)O)C1)n1cccn1. The average molecular weight is 251 g/mol. The van der Waals surface area contributed by atoms with Gasteiger partial charge in [0.15, 0.2) is 0 Å². The summed E-state index contributed by atoms with van der Waals surface area (Å²) >= 11 is 0. The third-order valence-electron chi connectivity index (χ3n) is 3.43. The minimum Gasteiger partial charge on any atom is -0.481 e. The highest BCUT2D eigenvalue weighted by Crippen LogP contribution is 2.26. The number of rotatable bonds is 4. The molecule has 1 amide bonds. The van der Waals surface area contributed by atoms with Crippen LogP contribution in [-0.4, -0.2) is 32.8 Å². The second-order valence-electron chi connectivity index (χ2n) is 4.72. The number of carbonyl (C=O) groups is 2. The van der Waals surface area contributed by atoms with Gasteiger partial charge in [-0.05, 0) is 32.3 Å². The minimum absolute atomic E-state index is 0.0309. The van der Waals surface area contributed by atoms with E-state index in [2.05, 4.69) is 10.4 Å². The quantitative estimate of drug-likeness (QED) is 0.829. The van der Waals surface area contributed by atoms with Gasteiger partial charge in [-0.3, -0.25) is 14.3 Å². The molecule has 1 aliphatic carbocycles. The second-order valence-corrected chi connectivity index (χ2v) is 4.72. The zero-order chi connectivity index (χ0) is 13.1. The van der Waals surface area contributed by atoms with Gasteiger partial charge in [0.25, 0.3) is 0 Å². The molecule has 0 bridgehead atoms. The van der Waals surface area contributed by atoms with Crippen molar-refractivity contribution in [1.29, 1.82) is 0 Å². The summed E-state index contributed by atoms with van der Waals surface area (Å²) in [5.74, 6) is -1.21. The molecule has 6 heteroatoms. The van der Waals surface area contributed by atoms with Crippen LogP contribution in [0.5, 0.6) is 0 Å². The summed E-state index contributed by atoms with van der Waals surface area (Å²) in [5.41, 5.74) is 0. The molecule has 18 heavy (non-hydrogen) atoms. The van der Waals surface area contributed by atoms with Crippen LogP contribution < -0.4 is 5.32 Å². The normalized spacial score (nSPS) is 24.7. The standard InChI is InChI=1S/C12H17N3O3/c1-8(15-6-2-5-13-15)11(16)14-10-4-3-9(7-10)12(17)18/h2,5-6,8-10H,3-4,7H2,1H3,(H,14,16)(H,17,18). The molecule has 1 aliphatic rings. The summed E-state index contributed by atoms with van der Waals surface area (Å²) in [5, 5.41) is 15.8. The Morgan fingerprint density at radius 3 is 2.83 bits per heavy atom. The van der Waals surface area contributed by atoms with E-state index in [4.69, 9.17) is 5.11 Å². The Morgan fingerprint density at radius 2 is 2.28 bits per heavy atom. The lowest BCUT2D eigenvalue weighted by Crippen LogP contribution is -2.38. The van der Waals surface area contributed by atoms with E-state index in [1.54, 1.807) is 30.1 Å². The summed E-state index contributed by atoms with van der Waals surface area (Å²) in [7, 11) is 0. The maximum atomic E-state index is 12.0. The number of nitrogens with zero attached hydrogens (tertiary/aromatic N) is 2. The van der Waals surface area contributed by atoms with Gasteiger partial charge in [-0.2, -0.15) is 5.10 Å². The average Bonchev–Trinajstić information content (AvgIpc) is 2.98. The van der Waals surface area contributed by atoms with Crippen LogP contribution in [-0.2, 0) is 9.59 Å². The molecule has 1 saturated carbocycles. The molecule has 2 N–H and O–H groups in total. The van der Waals surface area contributed by atoms with Crippen molar-refractivity contribution in [2.45, 2.75) is 38.3 Å². The Balaban J connectivity index is 1.87. The number of aromatic nitrogens is 2. The monoisotopic (exact) mass is 251 g/mol. The molecule has 0 spiro atoms. The Morgan fingerprint density at radius 1 is 1.50 bits per heavy atom. The molecule has 3 atom stereocenters.